The Morgan fingerprint density at radius 2 is 2.21 bits per heavy atom. The third-order valence-electron chi connectivity index (χ3n) is 3.92. The molecular formula is C16H16ClFO. The molecule has 0 amide bonds. The Labute approximate surface area is 117 Å². The Bertz CT molecular complexity index is 546. The van der Waals surface area contributed by atoms with Crippen LogP contribution in [0.5, 0.6) is 0 Å². The molecule has 2 unspecified atom stereocenters. The molecule has 3 heteroatoms. The van der Waals surface area contributed by atoms with Gasteiger partial charge in [0.25, 0.3) is 0 Å². The zero-order valence-corrected chi connectivity index (χ0v) is 11.4. The summed E-state index contributed by atoms with van der Waals surface area (Å²) in [6.45, 7) is 4.45. The summed E-state index contributed by atoms with van der Waals surface area (Å²) in [6.07, 6.45) is 6.91. The Morgan fingerprint density at radius 1 is 1.42 bits per heavy atom. The second-order valence-electron chi connectivity index (χ2n) is 5.15. The van der Waals surface area contributed by atoms with Crippen LogP contribution in [0, 0.1) is 11.7 Å². The summed E-state index contributed by atoms with van der Waals surface area (Å²) in [7, 11) is 0. The van der Waals surface area contributed by atoms with Crippen molar-refractivity contribution in [3.05, 3.63) is 52.8 Å². The van der Waals surface area contributed by atoms with Crippen LogP contribution in [0.2, 0.25) is 5.02 Å². The van der Waals surface area contributed by atoms with Crippen LogP contribution in [0.3, 0.4) is 0 Å². The molecule has 3 rings (SSSR count). The van der Waals surface area contributed by atoms with E-state index in [2.05, 4.69) is 12.7 Å². The van der Waals surface area contributed by atoms with E-state index in [0.717, 1.165) is 30.4 Å². The number of hydrogen-bond donors (Lipinski definition) is 0. The lowest BCUT2D eigenvalue weighted by Crippen LogP contribution is -2.04. The van der Waals surface area contributed by atoms with Gasteiger partial charge < -0.3 is 4.74 Å². The molecular weight excluding hydrogens is 263 g/mol. The van der Waals surface area contributed by atoms with Crippen molar-refractivity contribution in [1.29, 1.82) is 0 Å². The molecule has 0 N–H and O–H groups in total. The predicted molar refractivity (Wildman–Crippen MR) is 75.6 cm³/mol. The van der Waals surface area contributed by atoms with Crippen LogP contribution in [-0.2, 0) is 4.74 Å². The molecule has 1 heterocycles. The van der Waals surface area contributed by atoms with Crippen molar-refractivity contribution in [3.8, 4) is 0 Å². The van der Waals surface area contributed by atoms with Crippen LogP contribution in [0.4, 0.5) is 4.39 Å². The summed E-state index contributed by atoms with van der Waals surface area (Å²) < 4.78 is 19.5. The van der Waals surface area contributed by atoms with Crippen LogP contribution in [0.25, 0.3) is 5.57 Å². The largest absolute Gasteiger partial charge is 0.368 e. The van der Waals surface area contributed by atoms with Crippen molar-refractivity contribution < 1.29 is 9.13 Å². The Morgan fingerprint density at radius 3 is 2.79 bits per heavy atom. The van der Waals surface area contributed by atoms with Gasteiger partial charge in [0.2, 0.25) is 0 Å². The predicted octanol–water partition coefficient (Wildman–Crippen LogP) is 4.92. The molecule has 0 spiro atoms. The quantitative estimate of drug-likeness (QED) is 0.565. The summed E-state index contributed by atoms with van der Waals surface area (Å²) in [4.78, 5) is 0. The van der Waals surface area contributed by atoms with Crippen molar-refractivity contribution in [2.45, 2.75) is 25.4 Å². The van der Waals surface area contributed by atoms with Crippen LogP contribution in [0.1, 0.15) is 36.5 Å². The van der Waals surface area contributed by atoms with E-state index in [9.17, 15) is 4.39 Å². The van der Waals surface area contributed by atoms with Crippen molar-refractivity contribution in [1.82, 2.24) is 0 Å². The third kappa shape index (κ3) is 2.47. The van der Waals surface area contributed by atoms with Gasteiger partial charge in [-0.05, 0) is 30.8 Å². The smallest absolute Gasteiger partial charge is 0.149 e. The fraction of sp³-hybridized carbons (Fsp3) is 0.375. The summed E-state index contributed by atoms with van der Waals surface area (Å²) >= 11 is 6.11. The van der Waals surface area contributed by atoms with Gasteiger partial charge in [0.15, 0.2) is 0 Å². The molecule has 1 nitrogen and oxygen atoms in total. The van der Waals surface area contributed by atoms with E-state index in [1.54, 1.807) is 0 Å². The maximum Gasteiger partial charge on any atom is 0.149 e. The third-order valence-corrected chi connectivity index (χ3v) is 4.31. The highest BCUT2D eigenvalue weighted by molar-refractivity contribution is 6.31. The minimum Gasteiger partial charge on any atom is -0.368 e. The molecule has 1 aromatic rings. The first-order chi connectivity index (χ1) is 9.20. The van der Waals surface area contributed by atoms with Gasteiger partial charge in [0.1, 0.15) is 11.9 Å². The molecule has 1 saturated heterocycles. The second-order valence-corrected chi connectivity index (χ2v) is 5.53. The molecule has 2 atom stereocenters. The first kappa shape index (κ1) is 12.9. The van der Waals surface area contributed by atoms with E-state index < -0.39 is 0 Å². The summed E-state index contributed by atoms with van der Waals surface area (Å²) in [5, 5.41) is 0.215. The fourth-order valence-electron chi connectivity index (χ4n) is 2.60. The topological polar surface area (TPSA) is 12.5 Å². The second kappa shape index (κ2) is 5.10. The van der Waals surface area contributed by atoms with Crippen LogP contribution in [0.15, 0.2) is 30.9 Å². The monoisotopic (exact) mass is 278 g/mol. The lowest BCUT2D eigenvalue weighted by molar-refractivity contribution is 0.415. The Kier molecular flexibility index (Phi) is 3.46. The maximum atomic E-state index is 14.4. The molecule has 0 aromatic heterocycles. The number of halogens is 2. The van der Waals surface area contributed by atoms with Crippen LogP contribution in [-0.4, -0.2) is 6.61 Å². The molecule has 1 aliphatic heterocycles. The van der Waals surface area contributed by atoms with Gasteiger partial charge in [0, 0.05) is 11.1 Å². The highest BCUT2D eigenvalue weighted by Gasteiger charge is 2.29. The Hall–Kier alpha value is -1.12. The van der Waals surface area contributed by atoms with E-state index >= 15 is 0 Å². The average Bonchev–Trinajstić information content (AvgIpc) is 3.26. The van der Waals surface area contributed by atoms with Gasteiger partial charge in [-0.25, -0.2) is 4.39 Å². The van der Waals surface area contributed by atoms with Gasteiger partial charge in [-0.1, -0.05) is 35.9 Å². The normalized spacial score (nSPS) is 25.9. The SMILES string of the molecule is C=CC1CC=C(c2ccc(C3CO3)c(Cl)c2F)CC1. The number of allylic oxidation sites excluding steroid dienone is 3. The fourth-order valence-corrected chi connectivity index (χ4v) is 2.89. The number of ether oxygens (including phenoxy) is 1. The van der Waals surface area contributed by atoms with Gasteiger partial charge in [-0.15, -0.1) is 6.58 Å². The maximum absolute atomic E-state index is 14.4. The van der Waals surface area contributed by atoms with Crippen molar-refractivity contribution in [3.63, 3.8) is 0 Å². The van der Waals surface area contributed by atoms with Crippen LogP contribution < -0.4 is 0 Å². The zero-order valence-electron chi connectivity index (χ0n) is 10.7. The molecule has 0 saturated carbocycles. The van der Waals surface area contributed by atoms with E-state index in [4.69, 9.17) is 16.3 Å². The summed E-state index contributed by atoms with van der Waals surface area (Å²) in [5.41, 5.74) is 2.46. The lowest BCUT2D eigenvalue weighted by atomic mass is 9.86. The molecule has 1 aliphatic carbocycles. The first-order valence-corrected chi connectivity index (χ1v) is 7.00. The molecule has 1 aromatic carbocycles. The molecule has 19 heavy (non-hydrogen) atoms. The van der Waals surface area contributed by atoms with E-state index in [1.165, 1.54) is 0 Å². The number of benzene rings is 1. The van der Waals surface area contributed by atoms with E-state index in [1.807, 2.05) is 18.2 Å². The number of hydrogen-bond acceptors (Lipinski definition) is 1. The molecule has 100 valence electrons. The van der Waals surface area contributed by atoms with Crippen molar-refractivity contribution >= 4 is 17.2 Å². The van der Waals surface area contributed by atoms with E-state index in [-0.39, 0.29) is 16.9 Å². The number of epoxide rings is 1. The molecule has 2 aliphatic rings. The first-order valence-electron chi connectivity index (χ1n) is 6.62. The summed E-state index contributed by atoms with van der Waals surface area (Å²) in [6, 6.07) is 3.72. The lowest BCUT2D eigenvalue weighted by Gasteiger charge is -2.20. The van der Waals surface area contributed by atoms with E-state index in [0.29, 0.717) is 18.1 Å². The Balaban J connectivity index is 1.91. The molecule has 0 bridgehead atoms. The van der Waals surface area contributed by atoms with Crippen molar-refractivity contribution in [2.75, 3.05) is 6.61 Å². The van der Waals surface area contributed by atoms with Gasteiger partial charge in [-0.2, -0.15) is 0 Å². The minimum atomic E-state index is -0.307. The molecule has 0 radical (unpaired) electrons. The average molecular weight is 279 g/mol. The standard InChI is InChI=1S/C16H16ClFO/c1-2-10-3-5-11(6-4-10)12-7-8-13(14-9-19-14)15(17)16(12)18/h2,5,7-8,10,14H,1,3-4,6,9H2. The van der Waals surface area contributed by atoms with Gasteiger partial charge >= 0.3 is 0 Å². The van der Waals surface area contributed by atoms with Gasteiger partial charge in [0.05, 0.1) is 11.6 Å². The highest BCUT2D eigenvalue weighted by atomic mass is 35.5. The summed E-state index contributed by atoms with van der Waals surface area (Å²) in [5.74, 6) is 0.208. The minimum absolute atomic E-state index is 0.0125. The van der Waals surface area contributed by atoms with Crippen molar-refractivity contribution in [2.24, 2.45) is 5.92 Å². The highest BCUT2D eigenvalue weighted by Crippen LogP contribution is 2.40. The molecule has 1 fully saturated rings. The van der Waals surface area contributed by atoms with Crippen LogP contribution >= 0.6 is 11.6 Å². The zero-order chi connectivity index (χ0) is 13.4. The number of rotatable bonds is 3. The van der Waals surface area contributed by atoms with Gasteiger partial charge in [-0.3, -0.25) is 0 Å².